The number of rotatable bonds is 5. The number of ether oxygens (including phenoxy) is 1. The molecule has 0 aliphatic carbocycles. The van der Waals surface area contributed by atoms with E-state index >= 15 is 0 Å². The maximum absolute atomic E-state index is 10.9. The van der Waals surface area contributed by atoms with Gasteiger partial charge in [-0.1, -0.05) is 0 Å². The lowest BCUT2D eigenvalue weighted by Crippen LogP contribution is -2.15. The molecule has 0 bridgehead atoms. The Morgan fingerprint density at radius 1 is 1.56 bits per heavy atom. The summed E-state index contributed by atoms with van der Waals surface area (Å²) >= 11 is 0. The Morgan fingerprint density at radius 3 is 3.00 bits per heavy atom. The van der Waals surface area contributed by atoms with Crippen molar-refractivity contribution >= 4 is 11.4 Å². The Labute approximate surface area is 105 Å². The lowest BCUT2D eigenvalue weighted by molar-refractivity contribution is -0.384. The fourth-order valence-corrected chi connectivity index (χ4v) is 1.98. The molecule has 2 N–H and O–H groups in total. The van der Waals surface area contributed by atoms with Crippen LogP contribution in [-0.4, -0.2) is 29.8 Å². The van der Waals surface area contributed by atoms with E-state index in [1.54, 1.807) is 12.1 Å². The van der Waals surface area contributed by atoms with Gasteiger partial charge in [-0.2, -0.15) is 0 Å². The van der Waals surface area contributed by atoms with Gasteiger partial charge in [0.25, 0.3) is 5.69 Å². The van der Waals surface area contributed by atoms with Gasteiger partial charge in [-0.15, -0.1) is 0 Å². The standard InChI is InChI=1S/C12H16N2O4/c15-7-9-1-2-12(14(16)17)11(5-9)13-6-10-3-4-18-8-10/h1-2,5,10,13,15H,3-4,6-8H2. The molecule has 0 amide bonds. The average molecular weight is 252 g/mol. The Kier molecular flexibility index (Phi) is 4.11. The van der Waals surface area contributed by atoms with E-state index in [2.05, 4.69) is 5.32 Å². The summed E-state index contributed by atoms with van der Waals surface area (Å²) in [6.07, 6.45) is 0.973. The molecule has 0 saturated carbocycles. The summed E-state index contributed by atoms with van der Waals surface area (Å²) in [5, 5.41) is 23.0. The minimum Gasteiger partial charge on any atom is -0.392 e. The average Bonchev–Trinajstić information content (AvgIpc) is 2.88. The second-order valence-corrected chi connectivity index (χ2v) is 4.38. The van der Waals surface area contributed by atoms with Crippen molar-refractivity contribution in [3.63, 3.8) is 0 Å². The molecule has 18 heavy (non-hydrogen) atoms. The lowest BCUT2D eigenvalue weighted by Gasteiger charge is -2.11. The molecule has 6 heteroatoms. The van der Waals surface area contributed by atoms with Gasteiger partial charge in [0, 0.05) is 25.1 Å². The fraction of sp³-hybridized carbons (Fsp3) is 0.500. The van der Waals surface area contributed by atoms with Gasteiger partial charge in [0.2, 0.25) is 0 Å². The van der Waals surface area contributed by atoms with E-state index in [0.717, 1.165) is 13.0 Å². The van der Waals surface area contributed by atoms with Gasteiger partial charge in [0.05, 0.1) is 18.1 Å². The molecule has 1 aromatic rings. The second-order valence-electron chi connectivity index (χ2n) is 4.38. The van der Waals surface area contributed by atoms with E-state index in [1.807, 2.05) is 0 Å². The summed E-state index contributed by atoms with van der Waals surface area (Å²) in [4.78, 5) is 10.5. The van der Waals surface area contributed by atoms with Crippen molar-refractivity contribution in [2.75, 3.05) is 25.1 Å². The van der Waals surface area contributed by atoms with Crippen LogP contribution in [0.5, 0.6) is 0 Å². The number of nitrogens with zero attached hydrogens (tertiary/aromatic N) is 1. The van der Waals surface area contributed by atoms with Crippen molar-refractivity contribution < 1.29 is 14.8 Å². The van der Waals surface area contributed by atoms with Crippen LogP contribution in [0.4, 0.5) is 11.4 Å². The molecule has 98 valence electrons. The number of aliphatic hydroxyl groups is 1. The third kappa shape index (κ3) is 2.96. The first kappa shape index (κ1) is 12.8. The largest absolute Gasteiger partial charge is 0.392 e. The van der Waals surface area contributed by atoms with Crippen molar-refractivity contribution in [3.8, 4) is 0 Å². The zero-order chi connectivity index (χ0) is 13.0. The molecule has 0 aromatic heterocycles. The number of benzene rings is 1. The number of hydrogen-bond donors (Lipinski definition) is 2. The van der Waals surface area contributed by atoms with E-state index in [0.29, 0.717) is 30.3 Å². The van der Waals surface area contributed by atoms with Crippen LogP contribution in [0.3, 0.4) is 0 Å². The molecule has 1 heterocycles. The lowest BCUT2D eigenvalue weighted by atomic mass is 10.1. The fourth-order valence-electron chi connectivity index (χ4n) is 1.98. The Bertz CT molecular complexity index is 430. The number of nitro benzene ring substituents is 1. The monoisotopic (exact) mass is 252 g/mol. The summed E-state index contributed by atoms with van der Waals surface area (Å²) in [5.74, 6) is 0.391. The van der Waals surface area contributed by atoms with Crippen molar-refractivity contribution in [2.45, 2.75) is 13.0 Å². The SMILES string of the molecule is O=[N+]([O-])c1ccc(CO)cc1NCC1CCOC1. The molecule has 1 saturated heterocycles. The zero-order valence-electron chi connectivity index (χ0n) is 9.96. The first-order chi connectivity index (χ1) is 8.70. The van der Waals surface area contributed by atoms with Crippen LogP contribution in [0, 0.1) is 16.0 Å². The summed E-state index contributed by atoms with van der Waals surface area (Å²) < 4.78 is 5.25. The molecule has 0 spiro atoms. The highest BCUT2D eigenvalue weighted by atomic mass is 16.6. The smallest absolute Gasteiger partial charge is 0.292 e. The molecule has 1 fully saturated rings. The van der Waals surface area contributed by atoms with Crippen molar-refractivity contribution in [1.82, 2.24) is 0 Å². The predicted octanol–water partition coefficient (Wildman–Crippen LogP) is 1.54. The number of hydrogen-bond acceptors (Lipinski definition) is 5. The van der Waals surface area contributed by atoms with Gasteiger partial charge in [-0.05, 0) is 24.1 Å². The molecular formula is C12H16N2O4. The van der Waals surface area contributed by atoms with Gasteiger partial charge in [-0.25, -0.2) is 0 Å². The van der Waals surface area contributed by atoms with E-state index in [9.17, 15) is 10.1 Å². The normalized spacial score (nSPS) is 18.8. The second kappa shape index (κ2) is 5.79. The van der Waals surface area contributed by atoms with Crippen molar-refractivity contribution in [3.05, 3.63) is 33.9 Å². The molecule has 2 rings (SSSR count). The molecule has 1 aliphatic rings. The first-order valence-corrected chi connectivity index (χ1v) is 5.90. The van der Waals surface area contributed by atoms with Gasteiger partial charge < -0.3 is 15.2 Å². The quantitative estimate of drug-likeness (QED) is 0.613. The van der Waals surface area contributed by atoms with Crippen LogP contribution in [0.25, 0.3) is 0 Å². The van der Waals surface area contributed by atoms with Crippen LogP contribution in [0.2, 0.25) is 0 Å². The molecule has 6 nitrogen and oxygen atoms in total. The van der Waals surface area contributed by atoms with Crippen LogP contribution >= 0.6 is 0 Å². The molecule has 1 atom stereocenters. The number of anilines is 1. The Hall–Kier alpha value is -1.66. The summed E-state index contributed by atoms with van der Waals surface area (Å²) in [6, 6.07) is 4.59. The van der Waals surface area contributed by atoms with Crippen molar-refractivity contribution in [1.29, 1.82) is 0 Å². The summed E-state index contributed by atoms with van der Waals surface area (Å²) in [7, 11) is 0. The van der Waals surface area contributed by atoms with Crippen LogP contribution in [0.15, 0.2) is 18.2 Å². The van der Waals surface area contributed by atoms with E-state index in [-0.39, 0.29) is 12.3 Å². The highest BCUT2D eigenvalue weighted by Crippen LogP contribution is 2.26. The Morgan fingerprint density at radius 2 is 2.39 bits per heavy atom. The molecule has 0 radical (unpaired) electrons. The van der Waals surface area contributed by atoms with Gasteiger partial charge in [0.1, 0.15) is 5.69 Å². The van der Waals surface area contributed by atoms with Gasteiger partial charge >= 0.3 is 0 Å². The first-order valence-electron chi connectivity index (χ1n) is 5.90. The van der Waals surface area contributed by atoms with E-state index in [1.165, 1.54) is 6.07 Å². The maximum atomic E-state index is 10.9. The Balaban J connectivity index is 2.10. The van der Waals surface area contributed by atoms with Crippen LogP contribution in [-0.2, 0) is 11.3 Å². The summed E-state index contributed by atoms with van der Waals surface area (Å²) in [6.45, 7) is 1.97. The highest BCUT2D eigenvalue weighted by Gasteiger charge is 2.18. The molecule has 1 aliphatic heterocycles. The molecule has 1 aromatic carbocycles. The van der Waals surface area contributed by atoms with E-state index < -0.39 is 4.92 Å². The maximum Gasteiger partial charge on any atom is 0.292 e. The third-order valence-electron chi connectivity index (χ3n) is 3.05. The molecule has 1 unspecified atom stereocenters. The summed E-state index contributed by atoms with van der Waals surface area (Å²) in [5.41, 5.74) is 1.15. The van der Waals surface area contributed by atoms with Gasteiger partial charge in [-0.3, -0.25) is 10.1 Å². The number of nitro groups is 1. The zero-order valence-corrected chi connectivity index (χ0v) is 9.96. The number of nitrogens with one attached hydrogen (secondary N) is 1. The predicted molar refractivity (Wildman–Crippen MR) is 66.4 cm³/mol. The van der Waals surface area contributed by atoms with E-state index in [4.69, 9.17) is 9.84 Å². The van der Waals surface area contributed by atoms with Crippen LogP contribution in [0.1, 0.15) is 12.0 Å². The minimum atomic E-state index is -0.422. The molecular weight excluding hydrogens is 236 g/mol. The van der Waals surface area contributed by atoms with Crippen LogP contribution < -0.4 is 5.32 Å². The van der Waals surface area contributed by atoms with Crippen molar-refractivity contribution in [2.24, 2.45) is 5.92 Å². The van der Waals surface area contributed by atoms with Gasteiger partial charge in [0.15, 0.2) is 0 Å². The minimum absolute atomic E-state index is 0.0334. The number of aliphatic hydroxyl groups excluding tert-OH is 1. The third-order valence-corrected chi connectivity index (χ3v) is 3.05. The topological polar surface area (TPSA) is 84.6 Å². The highest BCUT2D eigenvalue weighted by molar-refractivity contribution is 5.62.